The number of carbonyl (C=O) groups is 1. The summed E-state index contributed by atoms with van der Waals surface area (Å²) in [4.78, 5) is 17.0. The maximum atomic E-state index is 12.6. The van der Waals surface area contributed by atoms with Gasteiger partial charge in [-0.05, 0) is 44.0 Å². The molecule has 3 rings (SSSR count). The summed E-state index contributed by atoms with van der Waals surface area (Å²) >= 11 is 0. The summed E-state index contributed by atoms with van der Waals surface area (Å²) in [6.45, 7) is 7.28. The minimum atomic E-state index is -0.262. The van der Waals surface area contributed by atoms with Gasteiger partial charge in [-0.1, -0.05) is 19.9 Å². The van der Waals surface area contributed by atoms with E-state index in [0.29, 0.717) is 36.1 Å². The summed E-state index contributed by atoms with van der Waals surface area (Å²) in [5.41, 5.74) is 2.78. The molecule has 6 nitrogen and oxygen atoms in total. The van der Waals surface area contributed by atoms with Crippen molar-refractivity contribution >= 4 is 17.2 Å². The zero-order valence-corrected chi connectivity index (χ0v) is 16.0. The highest BCUT2D eigenvalue weighted by Crippen LogP contribution is 2.31. The molecule has 1 N–H and O–H groups in total. The van der Waals surface area contributed by atoms with Crippen molar-refractivity contribution in [1.82, 2.24) is 9.38 Å². The van der Waals surface area contributed by atoms with Crippen LogP contribution in [0.3, 0.4) is 0 Å². The van der Waals surface area contributed by atoms with Crippen LogP contribution in [0.15, 0.2) is 42.6 Å². The summed E-state index contributed by atoms with van der Waals surface area (Å²) in [6.07, 6.45) is 3.55. The third-order valence-corrected chi connectivity index (χ3v) is 4.05. The van der Waals surface area contributed by atoms with Gasteiger partial charge >= 0.3 is 0 Å². The summed E-state index contributed by atoms with van der Waals surface area (Å²) in [5, 5.41) is 2.89. The lowest BCUT2D eigenvalue weighted by atomic mass is 10.2. The van der Waals surface area contributed by atoms with Gasteiger partial charge in [-0.15, -0.1) is 0 Å². The Balaban J connectivity index is 1.80. The molecule has 6 heteroatoms. The van der Waals surface area contributed by atoms with Gasteiger partial charge in [0.1, 0.15) is 11.3 Å². The van der Waals surface area contributed by atoms with E-state index in [2.05, 4.69) is 17.2 Å². The molecule has 1 aromatic carbocycles. The first kappa shape index (κ1) is 18.8. The van der Waals surface area contributed by atoms with E-state index in [4.69, 9.17) is 9.47 Å². The van der Waals surface area contributed by atoms with Gasteiger partial charge in [0.2, 0.25) is 0 Å². The number of carbonyl (C=O) groups excluding carboxylic acids is 1. The minimum absolute atomic E-state index is 0.262. The monoisotopic (exact) mass is 367 g/mol. The Labute approximate surface area is 159 Å². The van der Waals surface area contributed by atoms with Gasteiger partial charge in [-0.2, -0.15) is 0 Å². The summed E-state index contributed by atoms with van der Waals surface area (Å²) in [5.74, 6) is 1.06. The summed E-state index contributed by atoms with van der Waals surface area (Å²) < 4.78 is 13.4. The van der Waals surface area contributed by atoms with E-state index < -0.39 is 0 Å². The van der Waals surface area contributed by atoms with E-state index in [0.717, 1.165) is 24.2 Å². The fraction of sp³-hybridized carbons (Fsp3) is 0.333. The normalized spacial score (nSPS) is 10.8. The fourth-order valence-corrected chi connectivity index (χ4v) is 2.69. The SMILES string of the molecule is CCCOc1ccc(NC(=O)c2cn3c(C)cccc3n2)cc1OCCC. The topological polar surface area (TPSA) is 64.9 Å². The van der Waals surface area contributed by atoms with Crippen molar-refractivity contribution in [3.63, 3.8) is 0 Å². The van der Waals surface area contributed by atoms with Gasteiger partial charge in [0.05, 0.1) is 13.2 Å². The molecule has 27 heavy (non-hydrogen) atoms. The van der Waals surface area contributed by atoms with Crippen LogP contribution in [0.5, 0.6) is 11.5 Å². The van der Waals surface area contributed by atoms with E-state index in [1.807, 2.05) is 48.6 Å². The number of hydrogen-bond donors (Lipinski definition) is 1. The number of nitrogens with zero attached hydrogens (tertiary/aromatic N) is 2. The van der Waals surface area contributed by atoms with Crippen LogP contribution in [-0.2, 0) is 0 Å². The number of imidazole rings is 1. The van der Waals surface area contributed by atoms with Gasteiger partial charge in [-0.3, -0.25) is 4.79 Å². The van der Waals surface area contributed by atoms with Crippen LogP contribution < -0.4 is 14.8 Å². The molecule has 2 aromatic heterocycles. The lowest BCUT2D eigenvalue weighted by Crippen LogP contribution is -2.12. The molecule has 0 aliphatic carbocycles. The number of pyridine rings is 1. The number of nitrogens with one attached hydrogen (secondary N) is 1. The Kier molecular flexibility index (Phi) is 5.96. The lowest BCUT2D eigenvalue weighted by molar-refractivity contribution is 0.102. The third kappa shape index (κ3) is 4.39. The molecule has 0 saturated carbocycles. The van der Waals surface area contributed by atoms with Crippen molar-refractivity contribution in [2.24, 2.45) is 0 Å². The Morgan fingerprint density at radius 2 is 1.81 bits per heavy atom. The van der Waals surface area contributed by atoms with Crippen molar-refractivity contribution in [3.05, 3.63) is 54.0 Å². The Hall–Kier alpha value is -3.02. The fourth-order valence-electron chi connectivity index (χ4n) is 2.69. The molecule has 0 aliphatic heterocycles. The van der Waals surface area contributed by atoms with Crippen molar-refractivity contribution < 1.29 is 14.3 Å². The molecule has 0 atom stereocenters. The van der Waals surface area contributed by atoms with Crippen LogP contribution in [0.25, 0.3) is 5.65 Å². The smallest absolute Gasteiger partial charge is 0.275 e. The highest BCUT2D eigenvalue weighted by atomic mass is 16.5. The highest BCUT2D eigenvalue weighted by Gasteiger charge is 2.14. The van der Waals surface area contributed by atoms with E-state index in [1.54, 1.807) is 12.3 Å². The second-order valence-electron chi connectivity index (χ2n) is 6.33. The first-order chi connectivity index (χ1) is 13.1. The molecule has 0 radical (unpaired) electrons. The highest BCUT2D eigenvalue weighted by molar-refractivity contribution is 6.03. The molecule has 1 amide bonds. The average Bonchev–Trinajstić information content (AvgIpc) is 3.11. The maximum Gasteiger partial charge on any atom is 0.275 e. The van der Waals surface area contributed by atoms with E-state index in [9.17, 15) is 4.79 Å². The zero-order chi connectivity index (χ0) is 19.2. The second-order valence-corrected chi connectivity index (χ2v) is 6.33. The largest absolute Gasteiger partial charge is 0.490 e. The van der Waals surface area contributed by atoms with Crippen LogP contribution >= 0.6 is 0 Å². The van der Waals surface area contributed by atoms with E-state index >= 15 is 0 Å². The minimum Gasteiger partial charge on any atom is -0.490 e. The number of anilines is 1. The number of aryl methyl sites for hydroxylation is 1. The van der Waals surface area contributed by atoms with Crippen molar-refractivity contribution in [2.75, 3.05) is 18.5 Å². The number of fused-ring (bicyclic) bond motifs is 1. The van der Waals surface area contributed by atoms with Crippen LogP contribution in [0.4, 0.5) is 5.69 Å². The molecule has 142 valence electrons. The lowest BCUT2D eigenvalue weighted by Gasteiger charge is -2.13. The molecule has 2 heterocycles. The second kappa shape index (κ2) is 8.58. The summed E-state index contributed by atoms with van der Waals surface area (Å²) in [6, 6.07) is 11.2. The van der Waals surface area contributed by atoms with Gasteiger partial charge in [-0.25, -0.2) is 4.98 Å². The van der Waals surface area contributed by atoms with Gasteiger partial charge < -0.3 is 19.2 Å². The number of benzene rings is 1. The van der Waals surface area contributed by atoms with Crippen LogP contribution in [0.1, 0.15) is 42.9 Å². The van der Waals surface area contributed by atoms with Crippen molar-refractivity contribution in [3.8, 4) is 11.5 Å². The Bertz CT molecular complexity index is 934. The van der Waals surface area contributed by atoms with E-state index in [-0.39, 0.29) is 5.91 Å². The van der Waals surface area contributed by atoms with E-state index in [1.165, 1.54) is 0 Å². The van der Waals surface area contributed by atoms with Crippen LogP contribution in [0.2, 0.25) is 0 Å². The van der Waals surface area contributed by atoms with Crippen molar-refractivity contribution in [1.29, 1.82) is 0 Å². The van der Waals surface area contributed by atoms with Gasteiger partial charge in [0.25, 0.3) is 5.91 Å². The molecule has 0 saturated heterocycles. The number of amides is 1. The average molecular weight is 367 g/mol. The molecular formula is C21H25N3O3. The molecular weight excluding hydrogens is 342 g/mol. The number of rotatable bonds is 8. The van der Waals surface area contributed by atoms with Crippen LogP contribution in [-0.4, -0.2) is 28.5 Å². The number of hydrogen-bond acceptors (Lipinski definition) is 4. The molecule has 0 bridgehead atoms. The first-order valence-corrected chi connectivity index (χ1v) is 9.28. The van der Waals surface area contributed by atoms with Crippen LogP contribution in [0, 0.1) is 6.92 Å². The quantitative estimate of drug-likeness (QED) is 0.638. The third-order valence-electron chi connectivity index (χ3n) is 4.05. The van der Waals surface area contributed by atoms with Gasteiger partial charge in [0.15, 0.2) is 11.5 Å². The molecule has 0 fully saturated rings. The van der Waals surface area contributed by atoms with Gasteiger partial charge in [0, 0.05) is 23.6 Å². The maximum absolute atomic E-state index is 12.6. The Morgan fingerprint density at radius 1 is 1.07 bits per heavy atom. The zero-order valence-electron chi connectivity index (χ0n) is 16.0. The number of ether oxygens (including phenoxy) is 2. The first-order valence-electron chi connectivity index (χ1n) is 9.28. The molecule has 0 spiro atoms. The molecule has 0 aliphatic rings. The predicted octanol–water partition coefficient (Wildman–Crippen LogP) is 4.47. The standard InChI is InChI=1S/C21H25N3O3/c1-4-11-26-18-10-9-16(13-19(18)27-12-5-2)22-21(25)17-14-24-15(3)7-6-8-20(24)23-17/h6-10,13-14H,4-5,11-12H2,1-3H3,(H,22,25). The predicted molar refractivity (Wildman–Crippen MR) is 106 cm³/mol. The Morgan fingerprint density at radius 3 is 2.52 bits per heavy atom. The number of aromatic nitrogens is 2. The molecule has 3 aromatic rings. The molecule has 0 unspecified atom stereocenters. The summed E-state index contributed by atoms with van der Waals surface area (Å²) in [7, 11) is 0. The van der Waals surface area contributed by atoms with Crippen molar-refractivity contribution in [2.45, 2.75) is 33.6 Å².